The van der Waals surface area contributed by atoms with Gasteiger partial charge in [-0.25, -0.2) is 0 Å². The molecule has 2 nitrogen and oxygen atoms in total. The Hall–Kier alpha value is -0.0800. The molecule has 1 saturated heterocycles. The highest BCUT2D eigenvalue weighted by Gasteiger charge is 2.11. The highest BCUT2D eigenvalue weighted by molar-refractivity contribution is 4.69. The number of rotatable bonds is 2. The quantitative estimate of drug-likeness (QED) is 0.584. The molecule has 0 saturated carbocycles. The van der Waals surface area contributed by atoms with E-state index in [2.05, 4.69) is 11.8 Å². The summed E-state index contributed by atoms with van der Waals surface area (Å²) in [4.78, 5) is 2.44. The van der Waals surface area contributed by atoms with E-state index in [1.807, 2.05) is 0 Å². The van der Waals surface area contributed by atoms with Crippen molar-refractivity contribution < 1.29 is 0 Å². The van der Waals surface area contributed by atoms with Crippen molar-refractivity contribution >= 4 is 0 Å². The molecule has 1 aliphatic rings. The Labute approximate surface area is 57.0 Å². The number of likely N-dealkylation sites (tertiary alicyclic amines) is 1. The molecule has 0 aromatic heterocycles. The van der Waals surface area contributed by atoms with E-state index in [1.54, 1.807) is 0 Å². The van der Waals surface area contributed by atoms with Gasteiger partial charge in [-0.15, -0.1) is 0 Å². The van der Waals surface area contributed by atoms with Gasteiger partial charge < -0.3 is 10.6 Å². The van der Waals surface area contributed by atoms with Gasteiger partial charge in [-0.2, -0.15) is 0 Å². The molecule has 0 aliphatic carbocycles. The van der Waals surface area contributed by atoms with Crippen LogP contribution >= 0.6 is 0 Å². The topological polar surface area (TPSA) is 29.3 Å². The molecule has 2 N–H and O–H groups in total. The maximum atomic E-state index is 5.63. The fraction of sp³-hybridized carbons (Fsp3) is 1.00. The van der Waals surface area contributed by atoms with Crippen molar-refractivity contribution in [3.63, 3.8) is 0 Å². The summed E-state index contributed by atoms with van der Waals surface area (Å²) < 4.78 is 0. The van der Waals surface area contributed by atoms with E-state index in [9.17, 15) is 0 Å². The van der Waals surface area contributed by atoms with Gasteiger partial charge in [-0.3, -0.25) is 0 Å². The summed E-state index contributed by atoms with van der Waals surface area (Å²) >= 11 is 0. The maximum absolute atomic E-state index is 5.63. The number of nitrogens with two attached hydrogens (primary N) is 1. The Bertz CT molecular complexity index is 75.0. The second-order valence-electron chi connectivity index (χ2n) is 2.98. The van der Waals surface area contributed by atoms with Crippen LogP contribution in [0.5, 0.6) is 0 Å². The van der Waals surface area contributed by atoms with Crippen LogP contribution in [0.15, 0.2) is 0 Å². The molecule has 1 rings (SSSR count). The van der Waals surface area contributed by atoms with Crippen LogP contribution in [-0.2, 0) is 0 Å². The Morgan fingerprint density at radius 2 is 2.00 bits per heavy atom. The van der Waals surface area contributed by atoms with Gasteiger partial charge in [-0.05, 0) is 32.9 Å². The van der Waals surface area contributed by atoms with Crippen molar-refractivity contribution in [1.82, 2.24) is 4.90 Å². The van der Waals surface area contributed by atoms with Crippen LogP contribution in [0.1, 0.15) is 19.8 Å². The fourth-order valence-corrected chi connectivity index (χ4v) is 1.37. The van der Waals surface area contributed by atoms with Crippen LogP contribution in [0.4, 0.5) is 0 Å². The summed E-state index contributed by atoms with van der Waals surface area (Å²) in [5, 5.41) is 0. The monoisotopic (exact) mass is 128 g/mol. The van der Waals surface area contributed by atoms with Crippen LogP contribution in [0, 0.1) is 0 Å². The number of nitrogens with zero attached hydrogens (tertiary/aromatic N) is 1. The lowest BCUT2D eigenvalue weighted by Crippen LogP contribution is -2.33. The summed E-state index contributed by atoms with van der Waals surface area (Å²) in [6.07, 6.45) is 2.74. The van der Waals surface area contributed by atoms with E-state index in [-0.39, 0.29) is 0 Å². The summed E-state index contributed by atoms with van der Waals surface area (Å²) in [5.41, 5.74) is 5.63. The molecular weight excluding hydrogens is 112 g/mol. The van der Waals surface area contributed by atoms with Gasteiger partial charge in [0.1, 0.15) is 0 Å². The van der Waals surface area contributed by atoms with Gasteiger partial charge in [0.05, 0.1) is 0 Å². The smallest absolute Gasteiger partial charge is 0.0139 e. The first kappa shape index (κ1) is 7.03. The normalized spacial score (nSPS) is 24.7. The van der Waals surface area contributed by atoms with Crippen molar-refractivity contribution in [3.8, 4) is 0 Å². The molecule has 0 unspecified atom stereocenters. The van der Waals surface area contributed by atoms with E-state index in [0.29, 0.717) is 6.04 Å². The van der Waals surface area contributed by atoms with E-state index < -0.39 is 0 Å². The van der Waals surface area contributed by atoms with Gasteiger partial charge in [0, 0.05) is 12.6 Å². The zero-order valence-corrected chi connectivity index (χ0v) is 6.14. The van der Waals surface area contributed by atoms with Crippen LogP contribution in [0.3, 0.4) is 0 Å². The van der Waals surface area contributed by atoms with Crippen LogP contribution in [-0.4, -0.2) is 30.6 Å². The lowest BCUT2D eigenvalue weighted by molar-refractivity contribution is 0.321. The molecular formula is C7H16N2. The molecule has 0 radical (unpaired) electrons. The lowest BCUT2D eigenvalue weighted by Gasteiger charge is -2.16. The minimum atomic E-state index is 0.350. The van der Waals surface area contributed by atoms with Crippen molar-refractivity contribution in [3.05, 3.63) is 0 Å². The predicted molar refractivity (Wildman–Crippen MR) is 39.3 cm³/mol. The molecule has 1 aliphatic heterocycles. The highest BCUT2D eigenvalue weighted by Crippen LogP contribution is 2.06. The van der Waals surface area contributed by atoms with E-state index in [1.165, 1.54) is 25.9 Å². The van der Waals surface area contributed by atoms with Crippen molar-refractivity contribution in [1.29, 1.82) is 0 Å². The zero-order chi connectivity index (χ0) is 6.69. The minimum absolute atomic E-state index is 0.350. The number of hydrogen-bond donors (Lipinski definition) is 1. The largest absolute Gasteiger partial charge is 0.327 e. The molecule has 0 bridgehead atoms. The zero-order valence-electron chi connectivity index (χ0n) is 6.14. The first-order valence-corrected chi connectivity index (χ1v) is 3.77. The van der Waals surface area contributed by atoms with Crippen molar-refractivity contribution in [2.45, 2.75) is 25.8 Å². The second kappa shape index (κ2) is 3.18. The summed E-state index contributed by atoms with van der Waals surface area (Å²) in [6, 6.07) is 0.350. The lowest BCUT2D eigenvalue weighted by atomic mass is 10.3. The van der Waals surface area contributed by atoms with Gasteiger partial charge in [-0.1, -0.05) is 0 Å². The molecule has 1 heterocycles. The summed E-state index contributed by atoms with van der Waals surface area (Å²) in [5.74, 6) is 0. The third kappa shape index (κ3) is 2.33. The average Bonchev–Trinajstić information content (AvgIpc) is 2.15. The van der Waals surface area contributed by atoms with Gasteiger partial charge >= 0.3 is 0 Å². The van der Waals surface area contributed by atoms with Gasteiger partial charge in [0.25, 0.3) is 0 Å². The second-order valence-corrected chi connectivity index (χ2v) is 2.98. The Kier molecular flexibility index (Phi) is 2.49. The van der Waals surface area contributed by atoms with Crippen molar-refractivity contribution in [2.24, 2.45) is 5.73 Å². The van der Waals surface area contributed by atoms with Crippen molar-refractivity contribution in [2.75, 3.05) is 19.6 Å². The molecule has 54 valence electrons. The Balaban J connectivity index is 2.11. The summed E-state index contributed by atoms with van der Waals surface area (Å²) in [7, 11) is 0. The Morgan fingerprint density at radius 1 is 1.44 bits per heavy atom. The molecule has 1 atom stereocenters. The van der Waals surface area contributed by atoms with Crippen LogP contribution in [0.2, 0.25) is 0 Å². The molecule has 0 aromatic carbocycles. The molecule has 9 heavy (non-hydrogen) atoms. The first-order chi connectivity index (χ1) is 4.29. The van der Waals surface area contributed by atoms with Gasteiger partial charge in [0.15, 0.2) is 0 Å². The average molecular weight is 128 g/mol. The minimum Gasteiger partial charge on any atom is -0.327 e. The molecule has 0 spiro atoms. The Morgan fingerprint density at radius 3 is 2.44 bits per heavy atom. The standard InChI is InChI=1S/C7H16N2/c1-7(8)6-9-4-2-3-5-9/h7H,2-6,8H2,1H3/t7-/m0/s1. The van der Waals surface area contributed by atoms with Crippen LogP contribution in [0.25, 0.3) is 0 Å². The highest BCUT2D eigenvalue weighted by atomic mass is 15.1. The summed E-state index contributed by atoms with van der Waals surface area (Å²) in [6.45, 7) is 5.68. The maximum Gasteiger partial charge on any atom is 0.0139 e. The molecule has 1 fully saturated rings. The third-order valence-corrected chi connectivity index (χ3v) is 1.74. The van der Waals surface area contributed by atoms with E-state index in [4.69, 9.17) is 5.73 Å². The van der Waals surface area contributed by atoms with E-state index in [0.717, 1.165) is 6.54 Å². The number of hydrogen-bond acceptors (Lipinski definition) is 2. The molecule has 0 amide bonds. The fourth-order valence-electron chi connectivity index (χ4n) is 1.37. The predicted octanol–water partition coefficient (Wildman–Crippen LogP) is 0.429. The van der Waals surface area contributed by atoms with Gasteiger partial charge in [0.2, 0.25) is 0 Å². The molecule has 2 heteroatoms. The van der Waals surface area contributed by atoms with E-state index >= 15 is 0 Å². The third-order valence-electron chi connectivity index (χ3n) is 1.74. The first-order valence-electron chi connectivity index (χ1n) is 3.77. The van der Waals surface area contributed by atoms with Crippen LogP contribution < -0.4 is 5.73 Å². The molecule has 0 aromatic rings. The SMILES string of the molecule is C[C@H](N)CN1CCCC1.